The van der Waals surface area contributed by atoms with E-state index in [9.17, 15) is 9.59 Å². The number of carbonyl (C=O) groups is 2. The molecule has 1 unspecified atom stereocenters. The van der Waals surface area contributed by atoms with Gasteiger partial charge in [-0.1, -0.05) is 0 Å². The molecule has 0 radical (unpaired) electrons. The maximum Gasteiger partial charge on any atom is 0.239 e. The first-order valence-electron chi connectivity index (χ1n) is 5.67. The van der Waals surface area contributed by atoms with E-state index in [1.54, 1.807) is 18.9 Å². The van der Waals surface area contributed by atoms with Gasteiger partial charge in [0.25, 0.3) is 0 Å². The second kappa shape index (κ2) is 7.22. The molecular weight excluding hydrogens is 206 g/mol. The summed E-state index contributed by atoms with van der Waals surface area (Å²) in [6.45, 7) is 8.10. The molecule has 0 aromatic rings. The van der Waals surface area contributed by atoms with Crippen molar-refractivity contribution in [3.05, 3.63) is 0 Å². The number of amides is 2. The molecule has 0 heterocycles. The number of hydrogen-bond acceptors (Lipinski definition) is 3. The van der Waals surface area contributed by atoms with Crippen LogP contribution in [0.4, 0.5) is 0 Å². The number of carbonyl (C=O) groups excluding carboxylic acids is 2. The Morgan fingerprint density at radius 2 is 1.81 bits per heavy atom. The first kappa shape index (κ1) is 14.9. The fourth-order valence-corrected chi connectivity index (χ4v) is 1.28. The van der Waals surface area contributed by atoms with Crippen molar-refractivity contribution in [3.8, 4) is 0 Å². The van der Waals surface area contributed by atoms with Crippen LogP contribution in [0.2, 0.25) is 0 Å². The van der Waals surface area contributed by atoms with Gasteiger partial charge in [0.1, 0.15) is 0 Å². The lowest BCUT2D eigenvalue weighted by Crippen LogP contribution is -2.48. The van der Waals surface area contributed by atoms with E-state index >= 15 is 0 Å². The quantitative estimate of drug-likeness (QED) is 0.672. The van der Waals surface area contributed by atoms with Crippen LogP contribution < -0.4 is 10.6 Å². The highest BCUT2D eigenvalue weighted by Gasteiger charge is 2.20. The molecule has 5 heteroatoms. The van der Waals surface area contributed by atoms with Gasteiger partial charge in [0.15, 0.2) is 0 Å². The van der Waals surface area contributed by atoms with Crippen molar-refractivity contribution < 1.29 is 9.59 Å². The minimum atomic E-state index is -0.258. The maximum atomic E-state index is 11.8. The van der Waals surface area contributed by atoms with Crippen LogP contribution in [-0.4, -0.2) is 48.9 Å². The number of nitrogens with zero attached hydrogens (tertiary/aromatic N) is 1. The summed E-state index contributed by atoms with van der Waals surface area (Å²) < 4.78 is 0. The highest BCUT2D eigenvalue weighted by Crippen LogP contribution is 1.95. The molecule has 16 heavy (non-hydrogen) atoms. The summed E-state index contributed by atoms with van der Waals surface area (Å²) in [5.41, 5.74) is 0. The van der Waals surface area contributed by atoms with E-state index in [2.05, 4.69) is 10.6 Å². The van der Waals surface area contributed by atoms with Crippen LogP contribution in [0.25, 0.3) is 0 Å². The van der Waals surface area contributed by atoms with E-state index < -0.39 is 0 Å². The minimum absolute atomic E-state index is 0.0519. The standard InChI is InChI=1S/C11H23N3O2/c1-6-14(11(16)9(4)12-5)7-10(15)13-8(2)3/h8-9,12H,6-7H2,1-5H3,(H,13,15). The van der Waals surface area contributed by atoms with Crippen molar-refractivity contribution in [1.82, 2.24) is 15.5 Å². The van der Waals surface area contributed by atoms with Gasteiger partial charge in [-0.2, -0.15) is 0 Å². The molecule has 0 spiro atoms. The lowest BCUT2D eigenvalue weighted by atomic mass is 10.3. The van der Waals surface area contributed by atoms with Gasteiger partial charge in [-0.25, -0.2) is 0 Å². The molecule has 94 valence electrons. The fourth-order valence-electron chi connectivity index (χ4n) is 1.28. The number of nitrogens with one attached hydrogen (secondary N) is 2. The Hall–Kier alpha value is -1.10. The van der Waals surface area contributed by atoms with E-state index in [1.807, 2.05) is 20.8 Å². The zero-order valence-electron chi connectivity index (χ0n) is 10.8. The lowest BCUT2D eigenvalue weighted by molar-refractivity contribution is -0.137. The van der Waals surface area contributed by atoms with Gasteiger partial charge in [0.05, 0.1) is 12.6 Å². The van der Waals surface area contributed by atoms with Crippen molar-refractivity contribution in [2.45, 2.75) is 39.8 Å². The first-order chi connectivity index (χ1) is 7.42. The molecular formula is C11H23N3O2. The third kappa shape index (κ3) is 5.11. The lowest BCUT2D eigenvalue weighted by Gasteiger charge is -2.24. The molecule has 0 saturated heterocycles. The molecule has 0 rings (SSSR count). The summed E-state index contributed by atoms with van der Waals surface area (Å²) in [6.07, 6.45) is 0. The van der Waals surface area contributed by atoms with E-state index in [0.29, 0.717) is 6.54 Å². The highest BCUT2D eigenvalue weighted by molar-refractivity contribution is 5.87. The molecule has 0 aromatic heterocycles. The molecule has 0 aliphatic rings. The summed E-state index contributed by atoms with van der Waals surface area (Å²) in [6, 6.07) is -0.158. The summed E-state index contributed by atoms with van der Waals surface area (Å²) >= 11 is 0. The maximum absolute atomic E-state index is 11.8. The predicted molar refractivity (Wildman–Crippen MR) is 64.1 cm³/mol. The second-order valence-electron chi connectivity index (χ2n) is 4.08. The Labute approximate surface area is 97.6 Å². The summed E-state index contributed by atoms with van der Waals surface area (Å²) in [5, 5.41) is 5.64. The molecule has 2 N–H and O–H groups in total. The zero-order chi connectivity index (χ0) is 12.7. The Morgan fingerprint density at radius 1 is 1.25 bits per heavy atom. The SMILES string of the molecule is CCN(CC(=O)NC(C)C)C(=O)C(C)NC. The molecule has 0 aromatic carbocycles. The smallest absolute Gasteiger partial charge is 0.239 e. The van der Waals surface area contributed by atoms with E-state index in [0.717, 1.165) is 0 Å². The van der Waals surface area contributed by atoms with Gasteiger partial charge in [0.2, 0.25) is 11.8 Å². The van der Waals surface area contributed by atoms with Crippen LogP contribution >= 0.6 is 0 Å². The monoisotopic (exact) mass is 229 g/mol. The molecule has 1 atom stereocenters. The van der Waals surface area contributed by atoms with E-state index in [1.165, 1.54) is 0 Å². The molecule has 0 bridgehead atoms. The van der Waals surface area contributed by atoms with Crippen LogP contribution in [0.5, 0.6) is 0 Å². The molecule has 0 fully saturated rings. The molecule has 0 saturated carbocycles. The molecule has 5 nitrogen and oxygen atoms in total. The van der Waals surface area contributed by atoms with Crippen LogP contribution in [0.1, 0.15) is 27.7 Å². The van der Waals surface area contributed by atoms with Gasteiger partial charge in [-0.3, -0.25) is 9.59 Å². The predicted octanol–water partition coefficient (Wildman–Crippen LogP) is -0.0326. The van der Waals surface area contributed by atoms with E-state index in [4.69, 9.17) is 0 Å². The van der Waals surface area contributed by atoms with Crippen molar-refractivity contribution in [1.29, 1.82) is 0 Å². The number of rotatable bonds is 6. The Morgan fingerprint density at radius 3 is 2.19 bits per heavy atom. The summed E-state index contributed by atoms with van der Waals surface area (Å²) in [4.78, 5) is 24.9. The average molecular weight is 229 g/mol. The topological polar surface area (TPSA) is 61.4 Å². The van der Waals surface area contributed by atoms with Crippen molar-refractivity contribution in [2.75, 3.05) is 20.1 Å². The van der Waals surface area contributed by atoms with Gasteiger partial charge in [-0.15, -0.1) is 0 Å². The Balaban J connectivity index is 4.29. The third-order valence-electron chi connectivity index (χ3n) is 2.28. The van der Waals surface area contributed by atoms with E-state index in [-0.39, 0.29) is 30.4 Å². The minimum Gasteiger partial charge on any atom is -0.352 e. The van der Waals surface area contributed by atoms with Crippen molar-refractivity contribution in [3.63, 3.8) is 0 Å². The average Bonchev–Trinajstić information content (AvgIpc) is 2.22. The van der Waals surface area contributed by atoms with Gasteiger partial charge < -0.3 is 15.5 Å². The van der Waals surface area contributed by atoms with Crippen LogP contribution in [0.3, 0.4) is 0 Å². The van der Waals surface area contributed by atoms with Gasteiger partial charge >= 0.3 is 0 Å². The van der Waals surface area contributed by atoms with Gasteiger partial charge in [0, 0.05) is 12.6 Å². The Kier molecular flexibility index (Phi) is 6.72. The normalized spacial score (nSPS) is 12.4. The zero-order valence-corrected chi connectivity index (χ0v) is 10.8. The number of likely N-dealkylation sites (N-methyl/N-ethyl adjacent to an activating group) is 2. The van der Waals surface area contributed by atoms with Crippen LogP contribution in [-0.2, 0) is 9.59 Å². The summed E-state index contributed by atoms with van der Waals surface area (Å²) in [7, 11) is 1.73. The number of hydrogen-bond donors (Lipinski definition) is 2. The van der Waals surface area contributed by atoms with Crippen molar-refractivity contribution >= 4 is 11.8 Å². The molecule has 0 aliphatic carbocycles. The van der Waals surface area contributed by atoms with Crippen molar-refractivity contribution in [2.24, 2.45) is 0 Å². The van der Waals surface area contributed by atoms with Crippen LogP contribution in [0.15, 0.2) is 0 Å². The molecule has 2 amide bonds. The third-order valence-corrected chi connectivity index (χ3v) is 2.28. The van der Waals surface area contributed by atoms with Crippen LogP contribution in [0, 0.1) is 0 Å². The second-order valence-corrected chi connectivity index (χ2v) is 4.08. The fraction of sp³-hybridized carbons (Fsp3) is 0.818. The van der Waals surface area contributed by atoms with Gasteiger partial charge in [-0.05, 0) is 34.7 Å². The summed E-state index contributed by atoms with van der Waals surface area (Å²) in [5.74, 6) is -0.169. The Bertz CT molecular complexity index is 241. The largest absolute Gasteiger partial charge is 0.352 e. The molecule has 0 aliphatic heterocycles. The highest BCUT2D eigenvalue weighted by atomic mass is 16.2. The first-order valence-corrected chi connectivity index (χ1v) is 5.67.